The SMILES string of the molecule is CN(C)CC(C)(C)CNC(=O)CCC1CCCNC1. The Morgan fingerprint density at radius 1 is 1.42 bits per heavy atom. The Kier molecular flexibility index (Phi) is 6.80. The van der Waals surface area contributed by atoms with E-state index in [9.17, 15) is 4.79 Å². The molecular formula is C15H31N3O. The fourth-order valence-corrected chi connectivity index (χ4v) is 2.84. The third-order valence-corrected chi connectivity index (χ3v) is 3.69. The van der Waals surface area contributed by atoms with E-state index in [4.69, 9.17) is 0 Å². The molecule has 1 aliphatic heterocycles. The van der Waals surface area contributed by atoms with Gasteiger partial charge in [-0.05, 0) is 57.8 Å². The quantitative estimate of drug-likeness (QED) is 0.735. The van der Waals surface area contributed by atoms with E-state index in [2.05, 4.69) is 43.5 Å². The molecule has 1 fully saturated rings. The summed E-state index contributed by atoms with van der Waals surface area (Å²) in [6, 6.07) is 0. The van der Waals surface area contributed by atoms with Gasteiger partial charge in [0.15, 0.2) is 0 Å². The fraction of sp³-hybridized carbons (Fsp3) is 0.933. The first-order valence-electron chi connectivity index (χ1n) is 7.51. The topological polar surface area (TPSA) is 44.4 Å². The van der Waals surface area contributed by atoms with Crippen molar-refractivity contribution in [2.75, 3.05) is 40.3 Å². The Bertz CT molecular complexity index is 271. The van der Waals surface area contributed by atoms with E-state index in [0.717, 1.165) is 32.6 Å². The van der Waals surface area contributed by atoms with Gasteiger partial charge in [0.25, 0.3) is 0 Å². The van der Waals surface area contributed by atoms with Crippen LogP contribution in [0, 0.1) is 11.3 Å². The number of hydrogen-bond acceptors (Lipinski definition) is 3. The highest BCUT2D eigenvalue weighted by molar-refractivity contribution is 5.75. The molecule has 112 valence electrons. The molecule has 0 aromatic carbocycles. The molecule has 0 radical (unpaired) electrons. The maximum absolute atomic E-state index is 11.9. The lowest BCUT2D eigenvalue weighted by atomic mass is 9.92. The molecule has 1 unspecified atom stereocenters. The normalized spacial score (nSPS) is 20.6. The lowest BCUT2D eigenvalue weighted by Gasteiger charge is -2.28. The van der Waals surface area contributed by atoms with Crippen molar-refractivity contribution in [1.29, 1.82) is 0 Å². The van der Waals surface area contributed by atoms with Gasteiger partial charge in [0.2, 0.25) is 5.91 Å². The Hall–Kier alpha value is -0.610. The number of hydrogen-bond donors (Lipinski definition) is 2. The van der Waals surface area contributed by atoms with Gasteiger partial charge in [0, 0.05) is 19.5 Å². The summed E-state index contributed by atoms with van der Waals surface area (Å²) in [6.07, 6.45) is 4.21. The van der Waals surface area contributed by atoms with Gasteiger partial charge in [-0.25, -0.2) is 0 Å². The van der Waals surface area contributed by atoms with Crippen LogP contribution in [0.3, 0.4) is 0 Å². The molecule has 0 spiro atoms. The van der Waals surface area contributed by atoms with E-state index >= 15 is 0 Å². The minimum atomic E-state index is 0.131. The van der Waals surface area contributed by atoms with Gasteiger partial charge in [0.05, 0.1) is 0 Å². The van der Waals surface area contributed by atoms with E-state index in [1.165, 1.54) is 12.8 Å². The second-order valence-electron chi connectivity index (χ2n) is 6.93. The minimum absolute atomic E-state index is 0.131. The third-order valence-electron chi connectivity index (χ3n) is 3.69. The van der Waals surface area contributed by atoms with E-state index < -0.39 is 0 Å². The number of piperidine rings is 1. The maximum Gasteiger partial charge on any atom is 0.220 e. The van der Waals surface area contributed by atoms with Crippen molar-refractivity contribution in [2.45, 2.75) is 39.5 Å². The van der Waals surface area contributed by atoms with Crippen LogP contribution in [-0.2, 0) is 4.79 Å². The summed E-state index contributed by atoms with van der Waals surface area (Å²) in [5, 5.41) is 6.48. The highest BCUT2D eigenvalue weighted by Gasteiger charge is 2.20. The van der Waals surface area contributed by atoms with Crippen molar-refractivity contribution >= 4 is 5.91 Å². The van der Waals surface area contributed by atoms with Crippen molar-refractivity contribution in [3.05, 3.63) is 0 Å². The standard InChI is InChI=1S/C15H31N3O/c1-15(2,12-18(3)4)11-17-14(19)8-7-13-6-5-9-16-10-13/h13,16H,5-12H2,1-4H3,(H,17,19). The van der Waals surface area contributed by atoms with Gasteiger partial charge in [-0.15, -0.1) is 0 Å². The Balaban J connectivity index is 2.16. The van der Waals surface area contributed by atoms with Crippen molar-refractivity contribution in [2.24, 2.45) is 11.3 Å². The second-order valence-corrected chi connectivity index (χ2v) is 6.93. The average molecular weight is 269 g/mol. The predicted molar refractivity (Wildman–Crippen MR) is 80.2 cm³/mol. The summed E-state index contributed by atoms with van der Waals surface area (Å²) >= 11 is 0. The first-order chi connectivity index (χ1) is 8.89. The van der Waals surface area contributed by atoms with Crippen LogP contribution >= 0.6 is 0 Å². The molecule has 19 heavy (non-hydrogen) atoms. The van der Waals surface area contributed by atoms with Crippen LogP contribution in [-0.4, -0.2) is 51.1 Å². The number of nitrogens with zero attached hydrogens (tertiary/aromatic N) is 1. The fourth-order valence-electron chi connectivity index (χ4n) is 2.84. The van der Waals surface area contributed by atoms with Crippen LogP contribution in [0.2, 0.25) is 0 Å². The summed E-state index contributed by atoms with van der Waals surface area (Å²) in [5.41, 5.74) is 0.131. The van der Waals surface area contributed by atoms with E-state index in [-0.39, 0.29) is 11.3 Å². The molecule has 0 aromatic heterocycles. The lowest BCUT2D eigenvalue weighted by Crippen LogP contribution is -2.40. The minimum Gasteiger partial charge on any atom is -0.356 e. The van der Waals surface area contributed by atoms with Gasteiger partial charge in [0.1, 0.15) is 0 Å². The van der Waals surface area contributed by atoms with Gasteiger partial charge in [-0.2, -0.15) is 0 Å². The Morgan fingerprint density at radius 3 is 2.74 bits per heavy atom. The average Bonchev–Trinajstić information content (AvgIpc) is 2.34. The van der Waals surface area contributed by atoms with Crippen LogP contribution in [0.15, 0.2) is 0 Å². The molecule has 0 aliphatic carbocycles. The summed E-state index contributed by atoms with van der Waals surface area (Å²) in [7, 11) is 4.14. The molecule has 1 heterocycles. The van der Waals surface area contributed by atoms with Crippen molar-refractivity contribution in [1.82, 2.24) is 15.5 Å². The van der Waals surface area contributed by atoms with Crippen LogP contribution < -0.4 is 10.6 Å². The van der Waals surface area contributed by atoms with E-state index in [0.29, 0.717) is 12.3 Å². The predicted octanol–water partition coefficient (Wildman–Crippen LogP) is 1.47. The molecule has 1 saturated heterocycles. The summed E-state index contributed by atoms with van der Waals surface area (Å²) in [4.78, 5) is 14.0. The monoisotopic (exact) mass is 269 g/mol. The zero-order valence-electron chi connectivity index (χ0n) is 13.1. The smallest absolute Gasteiger partial charge is 0.220 e. The number of carbonyl (C=O) groups excluding carboxylic acids is 1. The molecule has 2 N–H and O–H groups in total. The molecule has 0 bridgehead atoms. The summed E-state index contributed by atoms with van der Waals surface area (Å²) < 4.78 is 0. The first kappa shape index (κ1) is 16.4. The zero-order valence-corrected chi connectivity index (χ0v) is 13.1. The van der Waals surface area contributed by atoms with Crippen LogP contribution in [0.25, 0.3) is 0 Å². The van der Waals surface area contributed by atoms with Gasteiger partial charge in [-0.1, -0.05) is 13.8 Å². The molecule has 4 heteroatoms. The number of rotatable bonds is 7. The number of nitrogens with one attached hydrogen (secondary N) is 2. The van der Waals surface area contributed by atoms with Crippen molar-refractivity contribution < 1.29 is 4.79 Å². The van der Waals surface area contributed by atoms with Gasteiger partial charge in [-0.3, -0.25) is 4.79 Å². The largest absolute Gasteiger partial charge is 0.356 e. The zero-order chi connectivity index (χ0) is 14.3. The highest BCUT2D eigenvalue weighted by atomic mass is 16.1. The molecule has 4 nitrogen and oxygen atoms in total. The van der Waals surface area contributed by atoms with Crippen LogP contribution in [0.1, 0.15) is 39.5 Å². The van der Waals surface area contributed by atoms with Gasteiger partial charge < -0.3 is 15.5 Å². The van der Waals surface area contributed by atoms with Crippen LogP contribution in [0.4, 0.5) is 0 Å². The van der Waals surface area contributed by atoms with Gasteiger partial charge >= 0.3 is 0 Å². The molecular weight excluding hydrogens is 238 g/mol. The molecule has 1 aliphatic rings. The second kappa shape index (κ2) is 7.85. The van der Waals surface area contributed by atoms with Crippen LogP contribution in [0.5, 0.6) is 0 Å². The lowest BCUT2D eigenvalue weighted by molar-refractivity contribution is -0.121. The first-order valence-corrected chi connectivity index (χ1v) is 7.51. The van der Waals surface area contributed by atoms with Crippen molar-refractivity contribution in [3.63, 3.8) is 0 Å². The molecule has 0 saturated carbocycles. The Morgan fingerprint density at radius 2 is 2.16 bits per heavy atom. The van der Waals surface area contributed by atoms with Crippen molar-refractivity contribution in [3.8, 4) is 0 Å². The molecule has 1 rings (SSSR count). The van der Waals surface area contributed by atoms with E-state index in [1.54, 1.807) is 0 Å². The maximum atomic E-state index is 11.9. The summed E-state index contributed by atoms with van der Waals surface area (Å²) in [6.45, 7) is 8.35. The number of amides is 1. The molecule has 1 atom stereocenters. The Labute approximate surface area is 118 Å². The van der Waals surface area contributed by atoms with E-state index in [1.807, 2.05) is 0 Å². The highest BCUT2D eigenvalue weighted by Crippen LogP contribution is 2.17. The molecule has 0 aromatic rings. The molecule has 1 amide bonds. The third kappa shape index (κ3) is 7.53. The summed E-state index contributed by atoms with van der Waals surface area (Å²) in [5.74, 6) is 0.895. The number of carbonyl (C=O) groups is 1.